The highest BCUT2D eigenvalue weighted by Gasteiger charge is 2.54. The van der Waals surface area contributed by atoms with Crippen molar-refractivity contribution in [1.82, 2.24) is 0 Å². The molecular formula is C24H20O5. The highest BCUT2D eigenvalue weighted by Crippen LogP contribution is 2.59. The lowest BCUT2D eigenvalue weighted by Gasteiger charge is -2.38. The summed E-state index contributed by atoms with van der Waals surface area (Å²) in [5.41, 5.74) is 3.81. The van der Waals surface area contributed by atoms with E-state index in [0.29, 0.717) is 50.4 Å². The van der Waals surface area contributed by atoms with E-state index in [4.69, 9.17) is 9.47 Å². The van der Waals surface area contributed by atoms with Gasteiger partial charge in [-0.15, -0.1) is 0 Å². The number of esters is 1. The molecule has 0 saturated carbocycles. The van der Waals surface area contributed by atoms with Crippen molar-refractivity contribution >= 4 is 5.97 Å². The Bertz CT molecular complexity index is 1180. The molecule has 3 aromatic carbocycles. The first kappa shape index (κ1) is 17.6. The van der Waals surface area contributed by atoms with Crippen LogP contribution in [0, 0.1) is 27.7 Å². The molecule has 2 aliphatic rings. The van der Waals surface area contributed by atoms with E-state index >= 15 is 0 Å². The van der Waals surface area contributed by atoms with Crippen LogP contribution in [0.25, 0.3) is 0 Å². The number of benzene rings is 3. The van der Waals surface area contributed by atoms with Gasteiger partial charge in [0.2, 0.25) is 0 Å². The number of hydrogen-bond donors (Lipinski definition) is 2. The summed E-state index contributed by atoms with van der Waals surface area (Å²) < 4.78 is 12.4. The third kappa shape index (κ3) is 2.02. The number of aromatic hydroxyl groups is 2. The minimum Gasteiger partial charge on any atom is -0.507 e. The summed E-state index contributed by atoms with van der Waals surface area (Å²) >= 11 is 0. The fourth-order valence-corrected chi connectivity index (χ4v) is 4.56. The van der Waals surface area contributed by atoms with E-state index < -0.39 is 11.6 Å². The van der Waals surface area contributed by atoms with Crippen molar-refractivity contribution in [2.24, 2.45) is 0 Å². The van der Waals surface area contributed by atoms with Crippen molar-refractivity contribution < 1.29 is 24.5 Å². The van der Waals surface area contributed by atoms with Gasteiger partial charge >= 0.3 is 5.97 Å². The van der Waals surface area contributed by atoms with E-state index in [1.54, 1.807) is 26.0 Å². The van der Waals surface area contributed by atoms with Gasteiger partial charge in [-0.1, -0.05) is 18.2 Å². The number of phenols is 2. The van der Waals surface area contributed by atoms with Gasteiger partial charge in [0.1, 0.15) is 23.0 Å². The molecule has 0 amide bonds. The molecule has 0 fully saturated rings. The molecule has 0 aromatic heterocycles. The summed E-state index contributed by atoms with van der Waals surface area (Å²) in [5.74, 6) is 0.738. The summed E-state index contributed by atoms with van der Waals surface area (Å²) in [7, 11) is 0. The maximum Gasteiger partial charge on any atom is 0.340 e. The zero-order valence-electron chi connectivity index (χ0n) is 16.6. The molecule has 0 radical (unpaired) electrons. The summed E-state index contributed by atoms with van der Waals surface area (Å²) in [4.78, 5) is 12.9. The zero-order valence-corrected chi connectivity index (χ0v) is 16.6. The predicted molar refractivity (Wildman–Crippen MR) is 107 cm³/mol. The Balaban J connectivity index is 1.99. The van der Waals surface area contributed by atoms with Crippen LogP contribution in [0.1, 0.15) is 49.3 Å². The van der Waals surface area contributed by atoms with Crippen LogP contribution in [0.15, 0.2) is 36.4 Å². The molecular weight excluding hydrogens is 368 g/mol. The van der Waals surface area contributed by atoms with Crippen molar-refractivity contribution in [2.45, 2.75) is 33.3 Å². The van der Waals surface area contributed by atoms with Gasteiger partial charge in [0.15, 0.2) is 5.60 Å². The minimum absolute atomic E-state index is 0.133. The minimum atomic E-state index is -1.21. The lowest BCUT2D eigenvalue weighted by molar-refractivity contribution is 0.0222. The van der Waals surface area contributed by atoms with Crippen LogP contribution in [0.5, 0.6) is 23.0 Å². The van der Waals surface area contributed by atoms with Crippen LogP contribution < -0.4 is 4.74 Å². The second-order valence-corrected chi connectivity index (χ2v) is 7.81. The smallest absolute Gasteiger partial charge is 0.340 e. The van der Waals surface area contributed by atoms with Gasteiger partial charge in [-0.2, -0.15) is 0 Å². The average molecular weight is 388 g/mol. The molecule has 2 heterocycles. The van der Waals surface area contributed by atoms with Crippen molar-refractivity contribution in [3.05, 3.63) is 80.9 Å². The highest BCUT2D eigenvalue weighted by molar-refractivity contribution is 5.97. The van der Waals surface area contributed by atoms with Gasteiger partial charge in [0.25, 0.3) is 0 Å². The third-order valence-corrected chi connectivity index (χ3v) is 6.08. The Kier molecular flexibility index (Phi) is 3.36. The zero-order chi connectivity index (χ0) is 20.7. The quantitative estimate of drug-likeness (QED) is 0.536. The van der Waals surface area contributed by atoms with Crippen molar-refractivity contribution in [3.63, 3.8) is 0 Å². The lowest BCUT2D eigenvalue weighted by atomic mass is 9.75. The standard InChI is InChI=1S/C24H20O5/c1-11-9-17-21(13(3)19(11)25)28-22-14(4)20(26)12(2)10-18(22)24(17)16-8-6-5-7-15(16)23(27)29-24/h5-10,25-26H,1-4H3. The Labute approximate surface area is 168 Å². The Morgan fingerprint density at radius 3 is 1.86 bits per heavy atom. The van der Waals surface area contributed by atoms with Crippen molar-refractivity contribution in [3.8, 4) is 23.0 Å². The topological polar surface area (TPSA) is 76.0 Å². The first-order chi connectivity index (χ1) is 13.8. The molecule has 146 valence electrons. The monoisotopic (exact) mass is 388 g/mol. The van der Waals surface area contributed by atoms with E-state index in [0.717, 1.165) is 5.56 Å². The molecule has 1 spiro atoms. The SMILES string of the molecule is Cc1cc2c(c(C)c1O)Oc1c(cc(C)c(O)c1C)C21OC(=O)c2ccccc21. The first-order valence-corrected chi connectivity index (χ1v) is 9.45. The van der Waals surface area contributed by atoms with E-state index in [1.165, 1.54) is 0 Å². The van der Waals surface area contributed by atoms with Crippen LogP contribution in [-0.4, -0.2) is 16.2 Å². The summed E-state index contributed by atoms with van der Waals surface area (Å²) in [6, 6.07) is 10.9. The molecule has 0 aliphatic carbocycles. The Hall–Kier alpha value is -3.47. The highest BCUT2D eigenvalue weighted by atomic mass is 16.6. The van der Waals surface area contributed by atoms with Crippen molar-refractivity contribution in [1.29, 1.82) is 0 Å². The molecule has 29 heavy (non-hydrogen) atoms. The van der Waals surface area contributed by atoms with Crippen LogP contribution in [0.3, 0.4) is 0 Å². The number of hydrogen-bond acceptors (Lipinski definition) is 5. The lowest BCUT2D eigenvalue weighted by Crippen LogP contribution is -2.34. The molecule has 5 nitrogen and oxygen atoms in total. The van der Waals surface area contributed by atoms with E-state index in [2.05, 4.69) is 0 Å². The number of ether oxygens (including phenoxy) is 2. The molecule has 0 unspecified atom stereocenters. The fourth-order valence-electron chi connectivity index (χ4n) is 4.56. The summed E-state index contributed by atoms with van der Waals surface area (Å²) in [5, 5.41) is 21.0. The summed E-state index contributed by atoms with van der Waals surface area (Å²) in [6.07, 6.45) is 0. The second kappa shape index (κ2) is 5.54. The number of carbonyl (C=O) groups is 1. The van der Waals surface area contributed by atoms with Crippen LogP contribution in [0.2, 0.25) is 0 Å². The van der Waals surface area contributed by atoms with Crippen LogP contribution in [-0.2, 0) is 10.3 Å². The number of phenolic OH excluding ortho intramolecular Hbond substituents is 2. The van der Waals surface area contributed by atoms with Gasteiger partial charge in [-0.05, 0) is 57.0 Å². The van der Waals surface area contributed by atoms with E-state index in [9.17, 15) is 15.0 Å². The number of carbonyl (C=O) groups excluding carboxylic acids is 1. The van der Waals surface area contributed by atoms with Crippen LogP contribution >= 0.6 is 0 Å². The Morgan fingerprint density at radius 2 is 1.31 bits per heavy atom. The van der Waals surface area contributed by atoms with Gasteiger partial charge < -0.3 is 19.7 Å². The fraction of sp³-hybridized carbons (Fsp3) is 0.208. The molecule has 5 rings (SSSR count). The number of fused-ring (bicyclic) bond motifs is 6. The normalized spacial score (nSPS) is 15.4. The predicted octanol–water partition coefficient (Wildman–Crippen LogP) is 4.90. The molecule has 2 aliphatic heterocycles. The Morgan fingerprint density at radius 1 is 0.793 bits per heavy atom. The van der Waals surface area contributed by atoms with E-state index in [1.807, 2.05) is 38.1 Å². The average Bonchev–Trinajstić information content (AvgIpc) is 3.00. The molecule has 0 bridgehead atoms. The largest absolute Gasteiger partial charge is 0.507 e. The number of aryl methyl sites for hydroxylation is 2. The molecule has 0 atom stereocenters. The van der Waals surface area contributed by atoms with Crippen LogP contribution in [0.4, 0.5) is 0 Å². The maximum atomic E-state index is 12.9. The van der Waals surface area contributed by atoms with Gasteiger partial charge in [0, 0.05) is 27.8 Å². The van der Waals surface area contributed by atoms with Gasteiger partial charge in [-0.25, -0.2) is 4.79 Å². The van der Waals surface area contributed by atoms with Gasteiger partial charge in [-0.3, -0.25) is 0 Å². The summed E-state index contributed by atoms with van der Waals surface area (Å²) in [6.45, 7) is 7.15. The maximum absolute atomic E-state index is 12.9. The first-order valence-electron chi connectivity index (χ1n) is 9.45. The number of rotatable bonds is 0. The molecule has 2 N–H and O–H groups in total. The van der Waals surface area contributed by atoms with E-state index in [-0.39, 0.29) is 11.5 Å². The molecule has 3 aromatic rings. The molecule has 5 heteroatoms. The second-order valence-electron chi connectivity index (χ2n) is 7.81. The van der Waals surface area contributed by atoms with Gasteiger partial charge in [0.05, 0.1) is 5.56 Å². The molecule has 0 saturated heterocycles. The van der Waals surface area contributed by atoms with Crippen molar-refractivity contribution in [2.75, 3.05) is 0 Å². The third-order valence-electron chi connectivity index (χ3n) is 6.08.